The molecule has 1 aromatic rings. The van der Waals surface area contributed by atoms with Gasteiger partial charge in [-0.15, -0.1) is 11.3 Å². The van der Waals surface area contributed by atoms with Gasteiger partial charge in [0.05, 0.1) is 4.88 Å². The van der Waals surface area contributed by atoms with Crippen molar-refractivity contribution in [2.45, 2.75) is 44.6 Å². The van der Waals surface area contributed by atoms with E-state index in [1.807, 2.05) is 7.05 Å². The van der Waals surface area contributed by atoms with Gasteiger partial charge in [-0.3, -0.25) is 4.79 Å². The third-order valence-corrected chi connectivity index (χ3v) is 4.78. The van der Waals surface area contributed by atoms with Gasteiger partial charge in [0.15, 0.2) is 0 Å². The number of carbonyl (C=O) groups is 2. The van der Waals surface area contributed by atoms with Crippen LogP contribution in [0.1, 0.15) is 57.9 Å². The van der Waals surface area contributed by atoms with Gasteiger partial charge in [0.25, 0.3) is 5.91 Å². The van der Waals surface area contributed by atoms with Crippen LogP contribution in [0, 0.1) is 0 Å². The Balaban J connectivity index is 2.06. The van der Waals surface area contributed by atoms with Gasteiger partial charge in [-0.1, -0.05) is 25.7 Å². The van der Waals surface area contributed by atoms with Crippen LogP contribution in [-0.2, 0) is 0 Å². The number of carboxylic acids is 1. The first kappa shape index (κ1) is 14.1. The summed E-state index contributed by atoms with van der Waals surface area (Å²) in [5.74, 6) is -1.02. The van der Waals surface area contributed by atoms with E-state index in [1.54, 1.807) is 11.0 Å². The van der Waals surface area contributed by atoms with E-state index >= 15 is 0 Å². The number of nitrogens with zero attached hydrogens (tertiary/aromatic N) is 1. The predicted octanol–water partition coefficient (Wildman–Crippen LogP) is 3.24. The fourth-order valence-corrected chi connectivity index (χ4v) is 3.38. The molecular formula is C14H19NO3S. The lowest BCUT2D eigenvalue weighted by atomic mass is 10.1. The highest BCUT2D eigenvalue weighted by atomic mass is 32.1. The van der Waals surface area contributed by atoms with E-state index in [4.69, 9.17) is 5.11 Å². The molecule has 1 fully saturated rings. The van der Waals surface area contributed by atoms with Crippen molar-refractivity contribution in [2.75, 3.05) is 7.05 Å². The van der Waals surface area contributed by atoms with Crippen LogP contribution in [0.25, 0.3) is 0 Å². The molecule has 5 heteroatoms. The summed E-state index contributed by atoms with van der Waals surface area (Å²) in [5, 5.41) is 8.89. The summed E-state index contributed by atoms with van der Waals surface area (Å²) in [6, 6.07) is 3.41. The van der Waals surface area contributed by atoms with Crippen LogP contribution in [0.4, 0.5) is 0 Å². The van der Waals surface area contributed by atoms with E-state index in [9.17, 15) is 9.59 Å². The minimum absolute atomic E-state index is 0.0515. The lowest BCUT2D eigenvalue weighted by molar-refractivity contribution is 0.0700. The molecule has 0 spiro atoms. The Morgan fingerprint density at radius 1 is 1.16 bits per heavy atom. The number of hydrogen-bond acceptors (Lipinski definition) is 3. The number of carbonyl (C=O) groups excluding carboxylic acids is 1. The van der Waals surface area contributed by atoms with E-state index in [0.717, 1.165) is 24.2 Å². The molecule has 19 heavy (non-hydrogen) atoms. The van der Waals surface area contributed by atoms with Crippen molar-refractivity contribution in [2.24, 2.45) is 0 Å². The summed E-state index contributed by atoms with van der Waals surface area (Å²) in [4.78, 5) is 25.7. The highest BCUT2D eigenvalue weighted by Crippen LogP contribution is 2.24. The van der Waals surface area contributed by atoms with Gasteiger partial charge in [0, 0.05) is 13.1 Å². The Bertz CT molecular complexity index is 461. The van der Waals surface area contributed by atoms with E-state index < -0.39 is 5.97 Å². The molecule has 0 atom stereocenters. The van der Waals surface area contributed by atoms with Crippen molar-refractivity contribution in [3.05, 3.63) is 21.9 Å². The Hall–Kier alpha value is -1.36. The van der Waals surface area contributed by atoms with Crippen LogP contribution in [0.2, 0.25) is 0 Å². The van der Waals surface area contributed by atoms with Gasteiger partial charge in [-0.2, -0.15) is 0 Å². The Morgan fingerprint density at radius 2 is 1.74 bits per heavy atom. The van der Waals surface area contributed by atoms with E-state index in [0.29, 0.717) is 10.9 Å². The van der Waals surface area contributed by atoms with Crippen molar-refractivity contribution in [3.8, 4) is 0 Å². The van der Waals surface area contributed by atoms with Crippen LogP contribution in [0.3, 0.4) is 0 Å². The first-order valence-corrected chi connectivity index (χ1v) is 7.51. The molecule has 1 N–H and O–H groups in total. The van der Waals surface area contributed by atoms with Crippen LogP contribution < -0.4 is 0 Å². The number of amides is 1. The molecule has 0 aromatic carbocycles. The molecule has 104 valence electrons. The second-order valence-electron chi connectivity index (χ2n) is 5.03. The normalized spacial score (nSPS) is 16.9. The van der Waals surface area contributed by atoms with Crippen molar-refractivity contribution in [1.29, 1.82) is 0 Å². The standard InChI is InChI=1S/C14H19NO3S/c1-15(10-6-4-2-3-5-7-10)13(16)11-8-9-12(19-11)14(17)18/h8-10H,2-7H2,1H3,(H,17,18). The number of hydrogen-bond donors (Lipinski definition) is 1. The fourth-order valence-electron chi connectivity index (χ4n) is 2.55. The largest absolute Gasteiger partial charge is 0.477 e. The van der Waals surface area contributed by atoms with Gasteiger partial charge >= 0.3 is 5.97 Å². The van der Waals surface area contributed by atoms with Gasteiger partial charge in [0.1, 0.15) is 4.88 Å². The van der Waals surface area contributed by atoms with Crippen LogP contribution in [-0.4, -0.2) is 35.0 Å². The van der Waals surface area contributed by atoms with Gasteiger partial charge in [-0.05, 0) is 25.0 Å². The second kappa shape index (κ2) is 6.19. The number of carboxylic acid groups (broad SMARTS) is 1. The summed E-state index contributed by atoms with van der Waals surface area (Å²) in [6.07, 6.45) is 6.96. The van der Waals surface area contributed by atoms with Gasteiger partial charge < -0.3 is 10.0 Å². The quantitative estimate of drug-likeness (QED) is 0.865. The smallest absolute Gasteiger partial charge is 0.345 e. The zero-order valence-corrected chi connectivity index (χ0v) is 11.9. The van der Waals surface area contributed by atoms with E-state index in [2.05, 4.69) is 0 Å². The molecule has 1 heterocycles. The summed E-state index contributed by atoms with van der Waals surface area (Å²) in [7, 11) is 1.83. The molecule has 0 radical (unpaired) electrons. The third-order valence-electron chi connectivity index (χ3n) is 3.72. The van der Waals surface area contributed by atoms with Crippen molar-refractivity contribution in [1.82, 2.24) is 4.90 Å². The van der Waals surface area contributed by atoms with E-state index in [-0.39, 0.29) is 10.8 Å². The van der Waals surface area contributed by atoms with Gasteiger partial charge in [0.2, 0.25) is 0 Å². The molecule has 0 bridgehead atoms. The zero-order valence-electron chi connectivity index (χ0n) is 11.1. The summed E-state index contributed by atoms with van der Waals surface area (Å²) in [6.45, 7) is 0. The van der Waals surface area contributed by atoms with Crippen LogP contribution in [0.15, 0.2) is 12.1 Å². The topological polar surface area (TPSA) is 57.6 Å². The molecule has 0 saturated heterocycles. The fraction of sp³-hybridized carbons (Fsp3) is 0.571. The number of rotatable bonds is 3. The highest BCUT2D eigenvalue weighted by Gasteiger charge is 2.23. The zero-order chi connectivity index (χ0) is 13.8. The number of thiophene rings is 1. The minimum Gasteiger partial charge on any atom is -0.477 e. The molecule has 1 saturated carbocycles. The maximum atomic E-state index is 12.3. The first-order valence-electron chi connectivity index (χ1n) is 6.70. The molecule has 4 nitrogen and oxygen atoms in total. The average molecular weight is 281 g/mol. The Morgan fingerprint density at radius 3 is 2.26 bits per heavy atom. The molecule has 1 aromatic heterocycles. The van der Waals surface area contributed by atoms with E-state index in [1.165, 1.54) is 31.7 Å². The monoisotopic (exact) mass is 281 g/mol. The molecule has 1 aliphatic rings. The highest BCUT2D eigenvalue weighted by molar-refractivity contribution is 7.15. The minimum atomic E-state index is -0.971. The average Bonchev–Trinajstić information content (AvgIpc) is 2.73. The third kappa shape index (κ3) is 3.35. The summed E-state index contributed by atoms with van der Waals surface area (Å²) in [5.41, 5.74) is 0. The molecule has 1 aliphatic carbocycles. The maximum absolute atomic E-state index is 12.3. The van der Waals surface area contributed by atoms with Crippen molar-refractivity contribution < 1.29 is 14.7 Å². The molecule has 0 unspecified atom stereocenters. The lowest BCUT2D eigenvalue weighted by Gasteiger charge is -2.26. The van der Waals surface area contributed by atoms with Crippen molar-refractivity contribution >= 4 is 23.2 Å². The maximum Gasteiger partial charge on any atom is 0.345 e. The van der Waals surface area contributed by atoms with Crippen LogP contribution >= 0.6 is 11.3 Å². The van der Waals surface area contributed by atoms with Crippen molar-refractivity contribution in [3.63, 3.8) is 0 Å². The molecule has 1 amide bonds. The summed E-state index contributed by atoms with van der Waals surface area (Å²) >= 11 is 1.06. The predicted molar refractivity (Wildman–Crippen MR) is 74.9 cm³/mol. The van der Waals surface area contributed by atoms with Crippen LogP contribution in [0.5, 0.6) is 0 Å². The molecule has 2 rings (SSSR count). The Labute approximate surface area is 117 Å². The second-order valence-corrected chi connectivity index (χ2v) is 6.11. The van der Waals surface area contributed by atoms with Gasteiger partial charge in [-0.25, -0.2) is 4.79 Å². The lowest BCUT2D eigenvalue weighted by Crippen LogP contribution is -2.36. The Kier molecular flexibility index (Phi) is 4.58. The molecular weight excluding hydrogens is 262 g/mol. The SMILES string of the molecule is CN(C(=O)c1ccc(C(=O)O)s1)C1CCCCCC1. The summed E-state index contributed by atoms with van der Waals surface area (Å²) < 4.78 is 0. The number of aromatic carboxylic acids is 1. The molecule has 0 aliphatic heterocycles. The first-order chi connectivity index (χ1) is 9.09.